The van der Waals surface area contributed by atoms with Gasteiger partial charge in [-0.2, -0.15) is 0 Å². The van der Waals surface area contributed by atoms with Crippen LogP contribution < -0.4 is 10.6 Å². The summed E-state index contributed by atoms with van der Waals surface area (Å²) in [7, 11) is 1.84. The van der Waals surface area contributed by atoms with Gasteiger partial charge in [0.2, 0.25) is 0 Å². The quantitative estimate of drug-likeness (QED) is 0.363. The van der Waals surface area contributed by atoms with Crippen LogP contribution in [0.15, 0.2) is 52.1 Å². The summed E-state index contributed by atoms with van der Waals surface area (Å²) in [5.41, 5.74) is 2.96. The van der Waals surface area contributed by atoms with Crippen LogP contribution in [0.5, 0.6) is 0 Å². The average molecular weight is 494 g/mol. The topological polar surface area (TPSA) is 52.8 Å². The summed E-state index contributed by atoms with van der Waals surface area (Å²) in [5, 5.41) is 7.03. The second-order valence-corrected chi connectivity index (χ2v) is 7.56. The fourth-order valence-corrected chi connectivity index (χ4v) is 4.30. The van der Waals surface area contributed by atoms with Crippen LogP contribution in [0, 0.1) is 0 Å². The van der Waals surface area contributed by atoms with Crippen LogP contribution in [0.2, 0.25) is 0 Å². The minimum absolute atomic E-state index is 0. The molecule has 0 saturated carbocycles. The zero-order chi connectivity index (χ0) is 18.5. The number of nitrogens with zero attached hydrogens (tertiary/aromatic N) is 2. The molecule has 2 unspecified atom stereocenters. The Bertz CT molecular complexity index is 756. The van der Waals surface area contributed by atoms with E-state index in [0.29, 0.717) is 5.92 Å². The Morgan fingerprint density at radius 3 is 2.68 bits per heavy atom. The molecule has 0 radical (unpaired) electrons. The minimum atomic E-state index is 0. The largest absolute Gasteiger partial charge is 0.468 e. The Balaban J connectivity index is 0.00000225. The molecule has 2 aromatic rings. The standard InChI is InChI=1S/C22H30N4O.HI/c1-23-22(24-15-18-14-17-8-3-4-9-19(17)18)25-16-20(21-10-7-13-27-21)26-11-5-2-6-12-26;/h3-4,7-10,13,18,20H,2,5-6,11-12,14-16H2,1H3,(H2,23,24,25);1H. The number of fused-ring (bicyclic) bond motifs is 1. The SMILES string of the molecule is CN=C(NCC1Cc2ccccc21)NCC(c1ccco1)N1CCCCC1.I. The molecule has 2 heterocycles. The van der Waals surface area contributed by atoms with E-state index in [1.807, 2.05) is 13.1 Å². The molecular formula is C22H31IN4O. The molecule has 28 heavy (non-hydrogen) atoms. The highest BCUT2D eigenvalue weighted by molar-refractivity contribution is 14.0. The molecule has 1 saturated heterocycles. The maximum Gasteiger partial charge on any atom is 0.191 e. The van der Waals surface area contributed by atoms with E-state index in [-0.39, 0.29) is 30.0 Å². The molecule has 1 aromatic carbocycles. The van der Waals surface area contributed by atoms with Gasteiger partial charge in [-0.25, -0.2) is 0 Å². The number of guanidine groups is 1. The predicted octanol–water partition coefficient (Wildman–Crippen LogP) is 3.93. The van der Waals surface area contributed by atoms with Crippen LogP contribution >= 0.6 is 24.0 Å². The lowest BCUT2D eigenvalue weighted by Crippen LogP contribution is -2.45. The maximum absolute atomic E-state index is 5.74. The minimum Gasteiger partial charge on any atom is -0.468 e. The van der Waals surface area contributed by atoms with Crippen molar-refractivity contribution in [3.63, 3.8) is 0 Å². The third-order valence-corrected chi connectivity index (χ3v) is 5.87. The van der Waals surface area contributed by atoms with Crippen molar-refractivity contribution in [2.45, 2.75) is 37.6 Å². The highest BCUT2D eigenvalue weighted by Gasteiger charge is 2.26. The lowest BCUT2D eigenvalue weighted by atomic mass is 9.78. The van der Waals surface area contributed by atoms with Gasteiger partial charge in [-0.3, -0.25) is 9.89 Å². The monoisotopic (exact) mass is 494 g/mol. The Morgan fingerprint density at radius 1 is 1.14 bits per heavy atom. The van der Waals surface area contributed by atoms with Gasteiger partial charge in [-0.1, -0.05) is 30.7 Å². The van der Waals surface area contributed by atoms with E-state index < -0.39 is 0 Å². The summed E-state index contributed by atoms with van der Waals surface area (Å²) < 4.78 is 5.74. The number of piperidine rings is 1. The van der Waals surface area contributed by atoms with Crippen molar-refractivity contribution in [3.05, 3.63) is 59.5 Å². The number of likely N-dealkylation sites (tertiary alicyclic amines) is 1. The van der Waals surface area contributed by atoms with Gasteiger partial charge in [0.15, 0.2) is 5.96 Å². The first-order valence-electron chi connectivity index (χ1n) is 10.1. The predicted molar refractivity (Wildman–Crippen MR) is 125 cm³/mol. The molecule has 2 atom stereocenters. The Kier molecular flexibility index (Phi) is 7.79. The van der Waals surface area contributed by atoms with E-state index in [0.717, 1.165) is 44.3 Å². The van der Waals surface area contributed by atoms with E-state index in [1.165, 1.54) is 30.4 Å². The number of furan rings is 1. The molecule has 0 amide bonds. The summed E-state index contributed by atoms with van der Waals surface area (Å²) in [4.78, 5) is 6.95. The van der Waals surface area contributed by atoms with Crippen molar-refractivity contribution in [3.8, 4) is 0 Å². The van der Waals surface area contributed by atoms with Crippen molar-refractivity contribution >= 4 is 29.9 Å². The molecule has 152 valence electrons. The van der Waals surface area contributed by atoms with Crippen LogP contribution in [0.25, 0.3) is 0 Å². The Morgan fingerprint density at radius 2 is 1.96 bits per heavy atom. The molecule has 6 heteroatoms. The van der Waals surface area contributed by atoms with Gasteiger partial charge in [0.1, 0.15) is 5.76 Å². The molecule has 1 aromatic heterocycles. The molecule has 1 aliphatic heterocycles. The Hall–Kier alpha value is -1.54. The van der Waals surface area contributed by atoms with Crippen LogP contribution in [0.3, 0.4) is 0 Å². The van der Waals surface area contributed by atoms with Gasteiger partial charge in [-0.15, -0.1) is 24.0 Å². The highest BCUT2D eigenvalue weighted by atomic mass is 127. The van der Waals surface area contributed by atoms with E-state index in [9.17, 15) is 0 Å². The van der Waals surface area contributed by atoms with Crippen molar-refractivity contribution in [2.75, 3.05) is 33.2 Å². The van der Waals surface area contributed by atoms with Crippen LogP contribution in [0.4, 0.5) is 0 Å². The maximum atomic E-state index is 5.74. The summed E-state index contributed by atoms with van der Waals surface area (Å²) in [6, 6.07) is 13.0. The summed E-state index contributed by atoms with van der Waals surface area (Å²) in [6.07, 6.45) is 6.80. The lowest BCUT2D eigenvalue weighted by molar-refractivity contribution is 0.146. The van der Waals surface area contributed by atoms with E-state index in [4.69, 9.17) is 4.42 Å². The fourth-order valence-electron chi connectivity index (χ4n) is 4.30. The van der Waals surface area contributed by atoms with Gasteiger partial charge in [0.05, 0.1) is 12.3 Å². The number of aliphatic imine (C=N–C) groups is 1. The molecule has 0 bridgehead atoms. The number of halogens is 1. The number of nitrogens with one attached hydrogen (secondary N) is 2. The third-order valence-electron chi connectivity index (χ3n) is 5.87. The Labute approximate surface area is 185 Å². The zero-order valence-electron chi connectivity index (χ0n) is 16.6. The second kappa shape index (κ2) is 10.3. The van der Waals surface area contributed by atoms with Crippen LogP contribution in [0.1, 0.15) is 48.1 Å². The zero-order valence-corrected chi connectivity index (χ0v) is 18.9. The lowest BCUT2D eigenvalue weighted by Gasteiger charge is -2.34. The van der Waals surface area contributed by atoms with Gasteiger partial charge < -0.3 is 15.1 Å². The average Bonchev–Trinajstić information content (AvgIpc) is 3.22. The van der Waals surface area contributed by atoms with Gasteiger partial charge in [0.25, 0.3) is 0 Å². The van der Waals surface area contributed by atoms with Gasteiger partial charge >= 0.3 is 0 Å². The van der Waals surface area contributed by atoms with Crippen LogP contribution in [-0.4, -0.2) is 44.1 Å². The molecule has 2 aliphatic rings. The van der Waals surface area contributed by atoms with Crippen molar-refractivity contribution < 1.29 is 4.42 Å². The molecule has 0 spiro atoms. The molecule has 1 fully saturated rings. The first-order chi connectivity index (χ1) is 13.3. The van der Waals surface area contributed by atoms with Gasteiger partial charge in [-0.05, 0) is 55.6 Å². The van der Waals surface area contributed by atoms with Crippen molar-refractivity contribution in [1.29, 1.82) is 0 Å². The van der Waals surface area contributed by atoms with Crippen molar-refractivity contribution in [1.82, 2.24) is 15.5 Å². The smallest absolute Gasteiger partial charge is 0.191 e. The number of benzene rings is 1. The molecular weight excluding hydrogens is 463 g/mol. The molecule has 2 N–H and O–H groups in total. The molecule has 4 rings (SSSR count). The molecule has 5 nitrogen and oxygen atoms in total. The summed E-state index contributed by atoms with van der Waals surface area (Å²) in [6.45, 7) is 4.00. The first kappa shape index (κ1) is 21.2. The van der Waals surface area contributed by atoms with Crippen LogP contribution in [-0.2, 0) is 6.42 Å². The third kappa shape index (κ3) is 4.89. The number of hydrogen-bond acceptors (Lipinski definition) is 3. The van der Waals surface area contributed by atoms with E-state index in [2.05, 4.69) is 50.9 Å². The molecule has 1 aliphatic carbocycles. The highest BCUT2D eigenvalue weighted by Crippen LogP contribution is 2.34. The van der Waals surface area contributed by atoms with E-state index in [1.54, 1.807) is 6.26 Å². The van der Waals surface area contributed by atoms with Gasteiger partial charge in [0, 0.05) is 26.1 Å². The second-order valence-electron chi connectivity index (χ2n) is 7.56. The summed E-state index contributed by atoms with van der Waals surface area (Å²) >= 11 is 0. The normalized spacial score (nSPS) is 20.5. The van der Waals surface area contributed by atoms with E-state index >= 15 is 0 Å². The first-order valence-corrected chi connectivity index (χ1v) is 10.1. The fraction of sp³-hybridized carbons (Fsp3) is 0.500. The number of rotatable bonds is 6. The van der Waals surface area contributed by atoms with Crippen molar-refractivity contribution in [2.24, 2.45) is 4.99 Å². The number of hydrogen-bond donors (Lipinski definition) is 2. The summed E-state index contributed by atoms with van der Waals surface area (Å²) in [5.74, 6) is 2.49.